The molecule has 0 N–H and O–H groups in total. The highest BCUT2D eigenvalue weighted by atomic mass is 32.2. The number of rotatable bonds is 5. The molecule has 1 saturated carbocycles. The molecule has 156 valence electrons. The molecule has 1 aliphatic heterocycles. The maximum Gasteiger partial charge on any atom is 0.142 e. The minimum absolute atomic E-state index is 0.131. The van der Waals surface area contributed by atoms with Crippen LogP contribution in [0.4, 0.5) is 5.69 Å². The molecular formula is C25H33NO2S. The highest BCUT2D eigenvalue weighted by molar-refractivity contribution is 8.00. The SMILES string of the molecule is CCN1CC(C)(C)COc2cc(C3(Sc4ccc(OC)cc4)CCCC3)ccc21. The van der Waals surface area contributed by atoms with Crippen molar-refractivity contribution in [2.24, 2.45) is 5.41 Å². The van der Waals surface area contributed by atoms with E-state index in [4.69, 9.17) is 9.47 Å². The van der Waals surface area contributed by atoms with Gasteiger partial charge in [-0.05, 0) is 61.7 Å². The summed E-state index contributed by atoms with van der Waals surface area (Å²) >= 11 is 2.01. The molecule has 29 heavy (non-hydrogen) atoms. The zero-order valence-corrected chi connectivity index (χ0v) is 19.0. The van der Waals surface area contributed by atoms with Crippen molar-refractivity contribution in [2.75, 3.05) is 31.7 Å². The van der Waals surface area contributed by atoms with E-state index in [1.165, 1.54) is 41.8 Å². The first-order chi connectivity index (χ1) is 13.9. The van der Waals surface area contributed by atoms with Crippen molar-refractivity contribution in [3.63, 3.8) is 0 Å². The van der Waals surface area contributed by atoms with E-state index in [9.17, 15) is 0 Å². The van der Waals surface area contributed by atoms with Gasteiger partial charge in [-0.3, -0.25) is 0 Å². The minimum atomic E-state index is 0.131. The summed E-state index contributed by atoms with van der Waals surface area (Å²) in [5.74, 6) is 1.96. The Morgan fingerprint density at radius 2 is 1.79 bits per heavy atom. The molecule has 4 rings (SSSR count). The molecule has 0 aromatic heterocycles. The van der Waals surface area contributed by atoms with Gasteiger partial charge >= 0.3 is 0 Å². The number of benzene rings is 2. The summed E-state index contributed by atoms with van der Waals surface area (Å²) in [6.07, 6.45) is 5.00. The second kappa shape index (κ2) is 8.14. The molecule has 4 heteroatoms. The molecule has 0 radical (unpaired) electrons. The van der Waals surface area contributed by atoms with E-state index in [1.54, 1.807) is 7.11 Å². The first-order valence-corrected chi connectivity index (χ1v) is 11.6. The number of ether oxygens (including phenoxy) is 2. The third kappa shape index (κ3) is 4.23. The second-order valence-corrected chi connectivity index (χ2v) is 10.6. The zero-order valence-electron chi connectivity index (χ0n) is 18.2. The monoisotopic (exact) mass is 411 g/mol. The molecule has 3 nitrogen and oxygen atoms in total. The van der Waals surface area contributed by atoms with Crippen LogP contribution in [0.15, 0.2) is 47.4 Å². The van der Waals surface area contributed by atoms with E-state index in [1.807, 2.05) is 11.8 Å². The van der Waals surface area contributed by atoms with Gasteiger partial charge in [0.05, 0.1) is 19.4 Å². The zero-order chi connectivity index (χ0) is 20.5. The first-order valence-electron chi connectivity index (χ1n) is 10.8. The van der Waals surface area contributed by atoms with E-state index < -0.39 is 0 Å². The van der Waals surface area contributed by atoms with Crippen molar-refractivity contribution in [1.82, 2.24) is 0 Å². The van der Waals surface area contributed by atoms with Crippen LogP contribution < -0.4 is 14.4 Å². The highest BCUT2D eigenvalue weighted by Crippen LogP contribution is 2.54. The molecule has 0 bridgehead atoms. The van der Waals surface area contributed by atoms with E-state index in [0.717, 1.165) is 31.2 Å². The third-order valence-electron chi connectivity index (χ3n) is 6.23. The summed E-state index contributed by atoms with van der Waals surface area (Å²) in [4.78, 5) is 3.77. The van der Waals surface area contributed by atoms with Gasteiger partial charge in [-0.15, -0.1) is 11.8 Å². The first kappa shape index (κ1) is 20.5. The summed E-state index contributed by atoms with van der Waals surface area (Å²) in [6.45, 7) is 9.61. The van der Waals surface area contributed by atoms with E-state index >= 15 is 0 Å². The van der Waals surface area contributed by atoms with Crippen molar-refractivity contribution >= 4 is 17.4 Å². The molecule has 2 aliphatic rings. The van der Waals surface area contributed by atoms with Gasteiger partial charge in [-0.25, -0.2) is 0 Å². The molecule has 0 amide bonds. The summed E-state index contributed by atoms with van der Waals surface area (Å²) in [5, 5.41) is 0. The number of nitrogens with zero attached hydrogens (tertiary/aromatic N) is 1. The van der Waals surface area contributed by atoms with Crippen LogP contribution in [0.3, 0.4) is 0 Å². The summed E-state index contributed by atoms with van der Waals surface area (Å²) in [6, 6.07) is 15.5. The van der Waals surface area contributed by atoms with Crippen LogP contribution in [0.5, 0.6) is 11.5 Å². The molecule has 0 atom stereocenters. The van der Waals surface area contributed by atoms with Crippen LogP contribution in [0.2, 0.25) is 0 Å². The van der Waals surface area contributed by atoms with Crippen molar-refractivity contribution in [3.05, 3.63) is 48.0 Å². The fraction of sp³-hybridized carbons (Fsp3) is 0.520. The summed E-state index contributed by atoms with van der Waals surface area (Å²) in [7, 11) is 1.72. The van der Waals surface area contributed by atoms with Crippen LogP contribution in [0.1, 0.15) is 52.0 Å². The molecule has 0 spiro atoms. The molecule has 1 fully saturated rings. The topological polar surface area (TPSA) is 21.7 Å². The van der Waals surface area contributed by atoms with Crippen LogP contribution in [0.25, 0.3) is 0 Å². The fourth-order valence-electron chi connectivity index (χ4n) is 4.64. The number of thioether (sulfide) groups is 1. The summed E-state index contributed by atoms with van der Waals surface area (Å²) in [5.41, 5.74) is 2.80. The summed E-state index contributed by atoms with van der Waals surface area (Å²) < 4.78 is 11.8. The molecule has 0 saturated heterocycles. The largest absolute Gasteiger partial charge is 0.497 e. The van der Waals surface area contributed by atoms with Gasteiger partial charge in [0.2, 0.25) is 0 Å². The Balaban J connectivity index is 1.67. The van der Waals surface area contributed by atoms with Gasteiger partial charge < -0.3 is 14.4 Å². The van der Waals surface area contributed by atoms with Gasteiger partial charge in [0.25, 0.3) is 0 Å². The van der Waals surface area contributed by atoms with Crippen LogP contribution >= 0.6 is 11.8 Å². The predicted octanol–water partition coefficient (Wildman–Crippen LogP) is 6.50. The van der Waals surface area contributed by atoms with E-state index in [2.05, 4.69) is 68.1 Å². The van der Waals surface area contributed by atoms with Crippen molar-refractivity contribution < 1.29 is 9.47 Å². The number of fused-ring (bicyclic) bond motifs is 1. The normalized spacial score (nSPS) is 19.9. The smallest absolute Gasteiger partial charge is 0.142 e. The lowest BCUT2D eigenvalue weighted by molar-refractivity contribution is 0.195. The molecule has 2 aromatic rings. The number of hydrogen-bond acceptors (Lipinski definition) is 4. The average molecular weight is 412 g/mol. The van der Waals surface area contributed by atoms with Crippen molar-refractivity contribution in [3.8, 4) is 11.5 Å². The van der Waals surface area contributed by atoms with E-state index in [-0.39, 0.29) is 10.2 Å². The minimum Gasteiger partial charge on any atom is -0.497 e. The standard InChI is InChI=1S/C25H33NO2S/c1-5-26-17-24(2,3)18-28-23-16-19(8-13-22(23)26)25(14-6-7-15-25)29-21-11-9-20(27-4)10-12-21/h8-13,16H,5-7,14-15,17-18H2,1-4H3. The molecule has 1 aliphatic carbocycles. The van der Waals surface area contributed by atoms with Crippen LogP contribution in [0, 0.1) is 5.41 Å². The Morgan fingerprint density at radius 1 is 1.07 bits per heavy atom. The molecular weight excluding hydrogens is 378 g/mol. The van der Waals surface area contributed by atoms with Gasteiger partial charge in [-0.2, -0.15) is 0 Å². The maximum absolute atomic E-state index is 6.35. The van der Waals surface area contributed by atoms with Gasteiger partial charge in [0.15, 0.2) is 0 Å². The fourth-order valence-corrected chi connectivity index (χ4v) is 6.10. The Kier molecular flexibility index (Phi) is 5.74. The third-order valence-corrected chi connectivity index (χ3v) is 7.77. The van der Waals surface area contributed by atoms with Gasteiger partial charge in [0, 0.05) is 28.1 Å². The van der Waals surface area contributed by atoms with E-state index in [0.29, 0.717) is 0 Å². The molecule has 1 heterocycles. The number of hydrogen-bond donors (Lipinski definition) is 0. The lowest BCUT2D eigenvalue weighted by Gasteiger charge is -2.31. The number of methoxy groups -OCH3 is 1. The van der Waals surface area contributed by atoms with Gasteiger partial charge in [-0.1, -0.05) is 32.8 Å². The molecule has 0 unspecified atom stereocenters. The van der Waals surface area contributed by atoms with Crippen LogP contribution in [-0.4, -0.2) is 26.8 Å². The Hall–Kier alpha value is -1.81. The second-order valence-electron chi connectivity index (χ2n) is 9.13. The quantitative estimate of drug-likeness (QED) is 0.560. The predicted molar refractivity (Wildman–Crippen MR) is 123 cm³/mol. The Morgan fingerprint density at radius 3 is 2.45 bits per heavy atom. The van der Waals surface area contributed by atoms with Crippen molar-refractivity contribution in [2.45, 2.75) is 56.1 Å². The number of anilines is 1. The van der Waals surface area contributed by atoms with Crippen molar-refractivity contribution in [1.29, 1.82) is 0 Å². The lowest BCUT2D eigenvalue weighted by atomic mass is 9.94. The molecule has 2 aromatic carbocycles. The maximum atomic E-state index is 6.35. The van der Waals surface area contributed by atoms with Crippen LogP contribution in [-0.2, 0) is 4.75 Å². The van der Waals surface area contributed by atoms with Gasteiger partial charge in [0.1, 0.15) is 11.5 Å². The lowest BCUT2D eigenvalue weighted by Crippen LogP contribution is -2.35. The average Bonchev–Trinajstić information content (AvgIpc) is 3.15. The Labute approximate surface area is 179 Å². The Bertz CT molecular complexity index is 840. The highest BCUT2D eigenvalue weighted by Gasteiger charge is 2.38.